The van der Waals surface area contributed by atoms with Gasteiger partial charge in [0.25, 0.3) is 0 Å². The van der Waals surface area contributed by atoms with Gasteiger partial charge >= 0.3 is 0 Å². The van der Waals surface area contributed by atoms with Crippen molar-refractivity contribution in [1.82, 2.24) is 0 Å². The maximum absolute atomic E-state index is 3.91. The smallest absolute Gasteiger partial charge is 0.0187 e. The average Bonchev–Trinajstić information content (AvgIpc) is 3.02. The molecule has 0 heterocycles. The summed E-state index contributed by atoms with van der Waals surface area (Å²) < 4.78 is 0. The summed E-state index contributed by atoms with van der Waals surface area (Å²) in [6.45, 7) is 10.2. The van der Waals surface area contributed by atoms with E-state index in [0.717, 1.165) is 23.7 Å². The summed E-state index contributed by atoms with van der Waals surface area (Å²) in [6.07, 6.45) is 11.3. The van der Waals surface area contributed by atoms with Gasteiger partial charge in [-0.2, -0.15) is 0 Å². The highest BCUT2D eigenvalue weighted by Crippen LogP contribution is 2.48. The second kappa shape index (κ2) is 4.85. The van der Waals surface area contributed by atoms with Crippen molar-refractivity contribution in [3.63, 3.8) is 0 Å². The van der Waals surface area contributed by atoms with Crippen LogP contribution < -0.4 is 0 Å². The Bertz CT molecular complexity index is 535. The molecule has 0 nitrogen and oxygen atoms in total. The van der Waals surface area contributed by atoms with Crippen molar-refractivity contribution in [3.05, 3.63) is 60.2 Å². The molecule has 0 spiro atoms. The Labute approximate surface area is 116 Å². The molecule has 0 aliphatic heterocycles. The van der Waals surface area contributed by atoms with E-state index in [4.69, 9.17) is 0 Å². The fourth-order valence-corrected chi connectivity index (χ4v) is 3.89. The Hall–Kier alpha value is -1.56. The van der Waals surface area contributed by atoms with Crippen LogP contribution >= 0.6 is 0 Å². The van der Waals surface area contributed by atoms with E-state index in [1.54, 1.807) is 0 Å². The standard InChI is InChI=1S/C19H22/c1-4-15-7-6-14(10-16(15)5-2)11-19-13(3)17-8-9-18(19)12-17/h4-10,13,17-19H,1-2,11-12H2,3H3. The second-order valence-electron chi connectivity index (χ2n) is 6.05. The van der Waals surface area contributed by atoms with Gasteiger partial charge in [0.05, 0.1) is 0 Å². The minimum absolute atomic E-state index is 0.811. The van der Waals surface area contributed by atoms with Gasteiger partial charge in [-0.1, -0.05) is 62.6 Å². The number of hydrogen-bond acceptors (Lipinski definition) is 0. The molecule has 1 aromatic rings. The van der Waals surface area contributed by atoms with Crippen molar-refractivity contribution in [3.8, 4) is 0 Å². The monoisotopic (exact) mass is 250 g/mol. The molecule has 2 aliphatic carbocycles. The van der Waals surface area contributed by atoms with Gasteiger partial charge in [0.15, 0.2) is 0 Å². The summed E-state index contributed by atoms with van der Waals surface area (Å²) in [5, 5.41) is 0. The highest BCUT2D eigenvalue weighted by Gasteiger charge is 2.41. The Balaban J connectivity index is 1.82. The van der Waals surface area contributed by atoms with Crippen LogP contribution in [0.1, 0.15) is 30.0 Å². The molecule has 0 aromatic heterocycles. The Morgan fingerprint density at radius 1 is 1.11 bits per heavy atom. The summed E-state index contributed by atoms with van der Waals surface area (Å²) in [5.41, 5.74) is 3.83. The van der Waals surface area contributed by atoms with Crippen molar-refractivity contribution in [2.24, 2.45) is 23.7 Å². The third-order valence-corrected chi connectivity index (χ3v) is 5.11. The van der Waals surface area contributed by atoms with E-state index in [1.807, 2.05) is 12.2 Å². The molecule has 1 aromatic carbocycles. The van der Waals surface area contributed by atoms with E-state index in [-0.39, 0.29) is 0 Å². The van der Waals surface area contributed by atoms with Gasteiger partial charge < -0.3 is 0 Å². The quantitative estimate of drug-likeness (QED) is 0.662. The van der Waals surface area contributed by atoms with E-state index < -0.39 is 0 Å². The SMILES string of the molecule is C=Cc1ccc(CC2C3C=CC(C3)C2C)cc1C=C. The fourth-order valence-electron chi connectivity index (χ4n) is 3.89. The summed E-state index contributed by atoms with van der Waals surface area (Å²) in [6, 6.07) is 6.71. The molecule has 0 amide bonds. The van der Waals surface area contributed by atoms with Gasteiger partial charge in [-0.15, -0.1) is 0 Å². The van der Waals surface area contributed by atoms with Crippen molar-refractivity contribution < 1.29 is 0 Å². The first-order valence-electron chi connectivity index (χ1n) is 7.29. The van der Waals surface area contributed by atoms with Crippen LogP contribution in [0.25, 0.3) is 12.2 Å². The molecule has 98 valence electrons. The third kappa shape index (κ3) is 2.10. The van der Waals surface area contributed by atoms with E-state index in [0.29, 0.717) is 0 Å². The summed E-state index contributed by atoms with van der Waals surface area (Å²) in [7, 11) is 0. The van der Waals surface area contributed by atoms with Crippen molar-refractivity contribution in [2.75, 3.05) is 0 Å². The Morgan fingerprint density at radius 2 is 1.84 bits per heavy atom. The molecule has 3 rings (SSSR count). The van der Waals surface area contributed by atoms with Gasteiger partial charge in [-0.25, -0.2) is 0 Å². The van der Waals surface area contributed by atoms with E-state index in [2.05, 4.69) is 50.4 Å². The molecule has 1 fully saturated rings. The molecule has 0 saturated heterocycles. The van der Waals surface area contributed by atoms with Gasteiger partial charge in [0, 0.05) is 0 Å². The van der Waals surface area contributed by atoms with Crippen LogP contribution in [0.5, 0.6) is 0 Å². The lowest BCUT2D eigenvalue weighted by molar-refractivity contribution is 0.333. The molecular formula is C19H22. The third-order valence-electron chi connectivity index (χ3n) is 5.11. The molecule has 19 heavy (non-hydrogen) atoms. The van der Waals surface area contributed by atoms with Gasteiger partial charge in [0.2, 0.25) is 0 Å². The zero-order valence-electron chi connectivity index (χ0n) is 11.7. The number of benzene rings is 1. The summed E-state index contributed by atoms with van der Waals surface area (Å²) in [5.74, 6) is 3.30. The molecule has 1 saturated carbocycles. The van der Waals surface area contributed by atoms with Crippen LogP contribution in [0.2, 0.25) is 0 Å². The Morgan fingerprint density at radius 3 is 2.47 bits per heavy atom. The predicted molar refractivity (Wildman–Crippen MR) is 83.7 cm³/mol. The first-order chi connectivity index (χ1) is 9.22. The minimum Gasteiger partial charge on any atom is -0.0984 e. The van der Waals surface area contributed by atoms with Crippen molar-refractivity contribution in [1.29, 1.82) is 0 Å². The predicted octanol–water partition coefficient (Wildman–Crippen LogP) is 4.97. The molecular weight excluding hydrogens is 228 g/mol. The van der Waals surface area contributed by atoms with Gasteiger partial charge in [0.1, 0.15) is 0 Å². The lowest BCUT2D eigenvalue weighted by Crippen LogP contribution is -2.19. The van der Waals surface area contributed by atoms with Crippen molar-refractivity contribution in [2.45, 2.75) is 19.8 Å². The van der Waals surface area contributed by atoms with Crippen LogP contribution in [0, 0.1) is 23.7 Å². The van der Waals surface area contributed by atoms with Crippen LogP contribution in [-0.2, 0) is 6.42 Å². The molecule has 4 unspecified atom stereocenters. The molecule has 2 aliphatic rings. The van der Waals surface area contributed by atoms with Crippen molar-refractivity contribution >= 4 is 12.2 Å². The molecule has 0 N–H and O–H groups in total. The maximum Gasteiger partial charge on any atom is -0.0187 e. The molecule has 4 atom stereocenters. The van der Waals surface area contributed by atoms with Gasteiger partial charge in [-0.3, -0.25) is 0 Å². The molecule has 0 heteroatoms. The number of rotatable bonds is 4. The lowest BCUT2D eigenvalue weighted by Gasteiger charge is -2.25. The maximum atomic E-state index is 3.91. The lowest BCUT2D eigenvalue weighted by atomic mass is 9.80. The van der Waals surface area contributed by atoms with E-state index in [1.165, 1.54) is 29.5 Å². The first-order valence-corrected chi connectivity index (χ1v) is 7.29. The highest BCUT2D eigenvalue weighted by molar-refractivity contribution is 5.64. The number of allylic oxidation sites excluding steroid dienone is 2. The zero-order chi connectivity index (χ0) is 13.4. The normalized spacial score (nSPS) is 31.6. The first kappa shape index (κ1) is 12.5. The largest absolute Gasteiger partial charge is 0.0984 e. The average molecular weight is 250 g/mol. The summed E-state index contributed by atoms with van der Waals surface area (Å²) in [4.78, 5) is 0. The highest BCUT2D eigenvalue weighted by atomic mass is 14.5. The topological polar surface area (TPSA) is 0 Å². The van der Waals surface area contributed by atoms with Crippen LogP contribution in [0.15, 0.2) is 43.5 Å². The second-order valence-corrected chi connectivity index (χ2v) is 6.05. The number of fused-ring (bicyclic) bond motifs is 2. The van der Waals surface area contributed by atoms with Gasteiger partial charge in [-0.05, 0) is 53.2 Å². The van der Waals surface area contributed by atoms with Crippen LogP contribution in [-0.4, -0.2) is 0 Å². The zero-order valence-corrected chi connectivity index (χ0v) is 11.7. The fraction of sp³-hybridized carbons (Fsp3) is 0.368. The minimum atomic E-state index is 0.811. The number of hydrogen-bond donors (Lipinski definition) is 0. The Kier molecular flexibility index (Phi) is 3.18. The van der Waals surface area contributed by atoms with Crippen LogP contribution in [0.3, 0.4) is 0 Å². The van der Waals surface area contributed by atoms with E-state index >= 15 is 0 Å². The van der Waals surface area contributed by atoms with E-state index in [9.17, 15) is 0 Å². The molecule has 0 radical (unpaired) electrons. The summed E-state index contributed by atoms with van der Waals surface area (Å²) >= 11 is 0. The molecule has 2 bridgehead atoms. The van der Waals surface area contributed by atoms with Crippen LogP contribution in [0.4, 0.5) is 0 Å².